The molecule has 4 saturated carbocycles. The largest absolute Gasteiger partial charge is 0.391 e. The number of rotatable bonds is 2. The van der Waals surface area contributed by atoms with Gasteiger partial charge in [0.05, 0.1) is 5.71 Å². The Bertz CT molecular complexity index is 713. The molecule has 0 bridgehead atoms. The van der Waals surface area contributed by atoms with E-state index in [1.54, 1.807) is 0 Å². The Kier molecular flexibility index (Phi) is 4.46. The highest BCUT2D eigenvalue weighted by Gasteiger charge is 2.62. The van der Waals surface area contributed by atoms with Crippen molar-refractivity contribution in [1.29, 1.82) is 0 Å². The molecule has 1 unspecified atom stereocenters. The van der Waals surface area contributed by atoms with Gasteiger partial charge in [-0.2, -0.15) is 0 Å². The lowest BCUT2D eigenvalue weighted by Crippen LogP contribution is -2.56. The van der Waals surface area contributed by atoms with Crippen molar-refractivity contribution in [2.45, 2.75) is 77.7 Å². The molecule has 5 aliphatic rings. The zero-order chi connectivity index (χ0) is 19.5. The van der Waals surface area contributed by atoms with E-state index in [2.05, 4.69) is 24.3 Å². The summed E-state index contributed by atoms with van der Waals surface area (Å²) in [5.74, 6) is 2.38. The molecule has 0 spiro atoms. The second-order valence-corrected chi connectivity index (χ2v) is 10.6. The molecule has 0 aromatic rings. The zero-order valence-electron chi connectivity index (χ0n) is 17.3. The third-order valence-corrected chi connectivity index (χ3v) is 9.35. The SMILES string of the molecule is C[C@]12CC/C(=N/O[C@@H]3CCNC3)CC1C(=O)C[C@@H]1[C@@H]2CC[C@]2(C)C(=O)CC[C@@H]12. The van der Waals surface area contributed by atoms with Gasteiger partial charge in [0.2, 0.25) is 0 Å². The summed E-state index contributed by atoms with van der Waals surface area (Å²) in [6, 6.07) is 0. The Balaban J connectivity index is 1.35. The Labute approximate surface area is 168 Å². The first-order valence-corrected chi connectivity index (χ1v) is 11.4. The normalized spacial score (nSPS) is 49.6. The number of nitrogens with zero attached hydrogens (tertiary/aromatic N) is 1. The number of oxime groups is 1. The van der Waals surface area contributed by atoms with Crippen molar-refractivity contribution in [3.63, 3.8) is 0 Å². The zero-order valence-corrected chi connectivity index (χ0v) is 17.3. The Hall–Kier alpha value is -1.23. The van der Waals surface area contributed by atoms with Crippen LogP contribution in [0.15, 0.2) is 5.16 Å². The fourth-order valence-electron chi connectivity index (χ4n) is 7.57. The number of hydrogen-bond acceptors (Lipinski definition) is 5. The molecule has 28 heavy (non-hydrogen) atoms. The second kappa shape index (κ2) is 6.65. The Morgan fingerprint density at radius 2 is 1.89 bits per heavy atom. The summed E-state index contributed by atoms with van der Waals surface area (Å²) in [5.41, 5.74) is 0.994. The predicted octanol–water partition coefficient (Wildman–Crippen LogP) is 3.51. The van der Waals surface area contributed by atoms with E-state index in [1.807, 2.05) is 0 Å². The number of hydrogen-bond donors (Lipinski definition) is 1. The molecule has 5 heteroatoms. The first-order valence-electron chi connectivity index (χ1n) is 11.4. The van der Waals surface area contributed by atoms with Crippen molar-refractivity contribution >= 4 is 17.3 Å². The van der Waals surface area contributed by atoms with E-state index in [4.69, 9.17) is 4.84 Å². The molecule has 1 saturated heterocycles. The second-order valence-electron chi connectivity index (χ2n) is 10.6. The maximum absolute atomic E-state index is 13.3. The van der Waals surface area contributed by atoms with E-state index in [0.29, 0.717) is 35.7 Å². The van der Waals surface area contributed by atoms with Gasteiger partial charge in [-0.15, -0.1) is 0 Å². The smallest absolute Gasteiger partial charge is 0.141 e. The van der Waals surface area contributed by atoms with Crippen LogP contribution in [0.25, 0.3) is 0 Å². The van der Waals surface area contributed by atoms with Gasteiger partial charge in [-0.25, -0.2) is 0 Å². The fraction of sp³-hybridized carbons (Fsp3) is 0.870. The van der Waals surface area contributed by atoms with E-state index in [-0.39, 0.29) is 22.9 Å². The van der Waals surface area contributed by atoms with Gasteiger partial charge in [0.1, 0.15) is 17.7 Å². The van der Waals surface area contributed by atoms with Crippen LogP contribution in [-0.2, 0) is 14.4 Å². The molecular weight excluding hydrogens is 352 g/mol. The lowest BCUT2D eigenvalue weighted by molar-refractivity contribution is -0.152. The molecule has 5 rings (SSSR count). The van der Waals surface area contributed by atoms with Gasteiger partial charge in [0, 0.05) is 37.1 Å². The van der Waals surface area contributed by atoms with Crippen molar-refractivity contribution in [3.05, 3.63) is 0 Å². The molecule has 0 amide bonds. The van der Waals surface area contributed by atoms with Gasteiger partial charge in [-0.05, 0) is 68.2 Å². The molecule has 0 radical (unpaired) electrons. The average Bonchev–Trinajstić information content (AvgIpc) is 3.29. The van der Waals surface area contributed by atoms with Crippen LogP contribution < -0.4 is 5.32 Å². The van der Waals surface area contributed by atoms with Crippen molar-refractivity contribution in [2.24, 2.45) is 39.7 Å². The summed E-state index contributed by atoms with van der Waals surface area (Å²) in [5, 5.41) is 7.78. The summed E-state index contributed by atoms with van der Waals surface area (Å²) < 4.78 is 0. The molecule has 0 aromatic carbocycles. The monoisotopic (exact) mass is 386 g/mol. The van der Waals surface area contributed by atoms with Crippen LogP contribution in [0.5, 0.6) is 0 Å². The average molecular weight is 387 g/mol. The molecule has 154 valence electrons. The summed E-state index contributed by atoms with van der Waals surface area (Å²) in [6.45, 7) is 6.42. The van der Waals surface area contributed by atoms with Crippen LogP contribution in [0.2, 0.25) is 0 Å². The molecular formula is C23H34N2O3. The highest BCUT2D eigenvalue weighted by Crippen LogP contribution is 2.64. The van der Waals surface area contributed by atoms with Gasteiger partial charge < -0.3 is 10.2 Å². The van der Waals surface area contributed by atoms with Crippen LogP contribution in [-0.4, -0.2) is 36.5 Å². The van der Waals surface area contributed by atoms with Gasteiger partial charge >= 0.3 is 0 Å². The molecule has 5 nitrogen and oxygen atoms in total. The van der Waals surface area contributed by atoms with Crippen molar-refractivity contribution in [2.75, 3.05) is 13.1 Å². The van der Waals surface area contributed by atoms with E-state index >= 15 is 0 Å². The number of Topliss-reactive ketones (excluding diaryl/α,β-unsaturated/α-hetero) is 2. The quantitative estimate of drug-likeness (QED) is 0.738. The number of fused-ring (bicyclic) bond motifs is 5. The predicted molar refractivity (Wildman–Crippen MR) is 107 cm³/mol. The molecule has 1 N–H and O–H groups in total. The van der Waals surface area contributed by atoms with Crippen LogP contribution in [0.4, 0.5) is 0 Å². The third kappa shape index (κ3) is 2.72. The summed E-state index contributed by atoms with van der Waals surface area (Å²) >= 11 is 0. The van der Waals surface area contributed by atoms with Crippen LogP contribution >= 0.6 is 0 Å². The molecule has 1 heterocycles. The lowest BCUT2D eigenvalue weighted by atomic mass is 9.45. The molecule has 4 aliphatic carbocycles. The van der Waals surface area contributed by atoms with Crippen molar-refractivity contribution < 1.29 is 14.4 Å². The standard InChI is InChI=1S/C23H34N2O3/c1-22-8-5-14(25-28-15-7-10-24-13-15)11-19(22)20(26)12-16-17-3-4-21(27)23(17,2)9-6-18(16)22/h15-19,24H,3-13H2,1-2H3/b25-14-/t15-,16+,17+,18+,19?,22-,23+/m1/s1. The van der Waals surface area contributed by atoms with E-state index in [0.717, 1.165) is 70.2 Å². The summed E-state index contributed by atoms with van der Waals surface area (Å²) in [6.07, 6.45) is 8.50. The fourth-order valence-corrected chi connectivity index (χ4v) is 7.57. The number of carbonyl (C=O) groups is 2. The van der Waals surface area contributed by atoms with Gasteiger partial charge in [0.15, 0.2) is 0 Å². The van der Waals surface area contributed by atoms with Crippen LogP contribution in [0, 0.1) is 34.5 Å². The van der Waals surface area contributed by atoms with Crippen LogP contribution in [0.3, 0.4) is 0 Å². The Morgan fingerprint density at radius 3 is 2.68 bits per heavy atom. The molecule has 5 fully saturated rings. The third-order valence-electron chi connectivity index (χ3n) is 9.35. The maximum Gasteiger partial charge on any atom is 0.141 e. The number of nitrogens with one attached hydrogen (secondary N) is 1. The highest BCUT2D eigenvalue weighted by atomic mass is 16.6. The molecule has 7 atom stereocenters. The van der Waals surface area contributed by atoms with E-state index in [9.17, 15) is 9.59 Å². The van der Waals surface area contributed by atoms with Gasteiger partial charge in [-0.3, -0.25) is 9.59 Å². The minimum absolute atomic E-state index is 0.0703. The molecule has 0 aromatic heterocycles. The van der Waals surface area contributed by atoms with E-state index < -0.39 is 0 Å². The first-order chi connectivity index (χ1) is 13.4. The van der Waals surface area contributed by atoms with Crippen molar-refractivity contribution in [3.8, 4) is 0 Å². The summed E-state index contributed by atoms with van der Waals surface area (Å²) in [7, 11) is 0. The minimum atomic E-state index is -0.158. The number of carbonyl (C=O) groups excluding carboxylic acids is 2. The summed E-state index contributed by atoms with van der Waals surface area (Å²) in [4.78, 5) is 31.6. The Morgan fingerprint density at radius 1 is 1.04 bits per heavy atom. The van der Waals surface area contributed by atoms with Crippen molar-refractivity contribution in [1.82, 2.24) is 5.32 Å². The molecule has 1 aliphatic heterocycles. The van der Waals surface area contributed by atoms with E-state index in [1.165, 1.54) is 0 Å². The first kappa shape index (κ1) is 18.8. The lowest BCUT2D eigenvalue weighted by Gasteiger charge is -2.58. The number of ketones is 2. The van der Waals surface area contributed by atoms with Crippen LogP contribution in [0.1, 0.15) is 71.6 Å². The van der Waals surface area contributed by atoms with Gasteiger partial charge in [0.25, 0.3) is 0 Å². The maximum atomic E-state index is 13.3. The minimum Gasteiger partial charge on any atom is -0.391 e. The highest BCUT2D eigenvalue weighted by molar-refractivity contribution is 5.93. The van der Waals surface area contributed by atoms with Gasteiger partial charge in [-0.1, -0.05) is 19.0 Å². The topological polar surface area (TPSA) is 67.8 Å².